The molecule has 0 aliphatic heterocycles. The van der Waals surface area contributed by atoms with E-state index in [-0.39, 0.29) is 24.7 Å². The van der Waals surface area contributed by atoms with Crippen LogP contribution in [0.25, 0.3) is 0 Å². The Morgan fingerprint density at radius 3 is 2.42 bits per heavy atom. The molecule has 3 N–H and O–H groups in total. The van der Waals surface area contributed by atoms with Gasteiger partial charge in [-0.2, -0.15) is 0 Å². The van der Waals surface area contributed by atoms with Gasteiger partial charge < -0.3 is 10.8 Å². The first-order chi connectivity index (χ1) is 5.24. The largest absolute Gasteiger partial charge is 0.481 e. The lowest BCUT2D eigenvalue weighted by atomic mass is 9.74. The molecule has 1 aliphatic carbocycles. The van der Waals surface area contributed by atoms with Gasteiger partial charge in [-0.3, -0.25) is 4.79 Å². The molecule has 12 heavy (non-hydrogen) atoms. The zero-order valence-electron chi connectivity index (χ0n) is 7.03. The molecule has 0 aromatic rings. The minimum atomic E-state index is -0.715. The summed E-state index contributed by atoms with van der Waals surface area (Å²) in [7, 11) is 0. The van der Waals surface area contributed by atoms with Crippen LogP contribution in [0.4, 0.5) is 0 Å². The van der Waals surface area contributed by atoms with E-state index in [1.807, 2.05) is 0 Å². The van der Waals surface area contributed by atoms with Crippen molar-refractivity contribution in [3.8, 4) is 0 Å². The minimum absolute atomic E-state index is 0. The first kappa shape index (κ1) is 11.7. The van der Waals surface area contributed by atoms with Crippen LogP contribution in [0.15, 0.2) is 0 Å². The summed E-state index contributed by atoms with van der Waals surface area (Å²) in [5.74, 6) is 0.102. The molecule has 0 bridgehead atoms. The molecule has 0 aromatic heterocycles. The SMILES string of the molecule is Cl.NCC(CC(=O)O)C1CCC1. The molecule has 0 radical (unpaired) electrons. The van der Waals surface area contributed by atoms with Gasteiger partial charge >= 0.3 is 5.97 Å². The molecule has 4 heteroatoms. The van der Waals surface area contributed by atoms with Gasteiger partial charge in [0.15, 0.2) is 0 Å². The van der Waals surface area contributed by atoms with Crippen molar-refractivity contribution in [3.05, 3.63) is 0 Å². The Labute approximate surface area is 78.7 Å². The van der Waals surface area contributed by atoms with Crippen LogP contribution in [-0.4, -0.2) is 17.6 Å². The maximum atomic E-state index is 10.4. The average molecular weight is 194 g/mol. The average Bonchev–Trinajstić information content (AvgIpc) is 1.81. The number of hydrogen-bond donors (Lipinski definition) is 2. The summed E-state index contributed by atoms with van der Waals surface area (Å²) >= 11 is 0. The van der Waals surface area contributed by atoms with Crippen molar-refractivity contribution in [1.82, 2.24) is 0 Å². The van der Waals surface area contributed by atoms with Gasteiger partial charge in [0.25, 0.3) is 0 Å². The Balaban J connectivity index is 0.00000121. The second kappa shape index (κ2) is 5.38. The summed E-state index contributed by atoms with van der Waals surface area (Å²) in [5, 5.41) is 8.53. The Morgan fingerprint density at radius 1 is 1.58 bits per heavy atom. The van der Waals surface area contributed by atoms with Crippen molar-refractivity contribution in [1.29, 1.82) is 0 Å². The lowest BCUT2D eigenvalue weighted by Crippen LogP contribution is -2.30. The summed E-state index contributed by atoms with van der Waals surface area (Å²) in [4.78, 5) is 10.4. The van der Waals surface area contributed by atoms with Crippen molar-refractivity contribution in [2.24, 2.45) is 17.6 Å². The number of rotatable bonds is 4. The van der Waals surface area contributed by atoms with Crippen molar-refractivity contribution in [2.75, 3.05) is 6.54 Å². The fraction of sp³-hybridized carbons (Fsp3) is 0.875. The van der Waals surface area contributed by atoms with Crippen molar-refractivity contribution >= 4 is 18.4 Å². The smallest absolute Gasteiger partial charge is 0.303 e. The van der Waals surface area contributed by atoms with E-state index in [1.54, 1.807) is 0 Å². The molecule has 1 atom stereocenters. The highest BCUT2D eigenvalue weighted by atomic mass is 35.5. The van der Waals surface area contributed by atoms with Gasteiger partial charge in [-0.25, -0.2) is 0 Å². The molecule has 1 unspecified atom stereocenters. The summed E-state index contributed by atoms with van der Waals surface area (Å²) in [6.07, 6.45) is 3.85. The monoisotopic (exact) mass is 193 g/mol. The van der Waals surface area contributed by atoms with Crippen LogP contribution < -0.4 is 5.73 Å². The molecule has 1 saturated carbocycles. The summed E-state index contributed by atoms with van der Waals surface area (Å²) in [6.45, 7) is 0.525. The quantitative estimate of drug-likeness (QED) is 0.707. The van der Waals surface area contributed by atoms with Gasteiger partial charge in [-0.15, -0.1) is 12.4 Å². The molecule has 72 valence electrons. The van der Waals surface area contributed by atoms with E-state index in [4.69, 9.17) is 10.8 Å². The molecular formula is C8H16ClNO2. The van der Waals surface area contributed by atoms with Crippen LogP contribution in [0.2, 0.25) is 0 Å². The number of carboxylic acid groups (broad SMARTS) is 1. The highest BCUT2D eigenvalue weighted by Gasteiger charge is 2.27. The van der Waals surface area contributed by atoms with Gasteiger partial charge in [0.1, 0.15) is 0 Å². The van der Waals surface area contributed by atoms with Crippen LogP contribution >= 0.6 is 12.4 Å². The number of carbonyl (C=O) groups is 1. The summed E-state index contributed by atoms with van der Waals surface area (Å²) in [5.41, 5.74) is 5.47. The highest BCUT2D eigenvalue weighted by Crippen LogP contribution is 2.34. The lowest BCUT2D eigenvalue weighted by molar-refractivity contribution is -0.138. The van der Waals surface area contributed by atoms with Gasteiger partial charge in [0.2, 0.25) is 0 Å². The maximum absolute atomic E-state index is 10.4. The van der Waals surface area contributed by atoms with Gasteiger partial charge in [-0.05, 0) is 18.4 Å². The molecule has 0 saturated heterocycles. The molecule has 1 aliphatic rings. The van der Waals surface area contributed by atoms with Gasteiger partial charge in [0, 0.05) is 6.42 Å². The molecule has 0 spiro atoms. The lowest BCUT2D eigenvalue weighted by Gasteiger charge is -2.32. The zero-order chi connectivity index (χ0) is 8.27. The van der Waals surface area contributed by atoms with E-state index in [0.717, 1.165) is 0 Å². The fourth-order valence-electron chi connectivity index (χ4n) is 1.58. The minimum Gasteiger partial charge on any atom is -0.481 e. The van der Waals surface area contributed by atoms with Crippen LogP contribution in [0.1, 0.15) is 25.7 Å². The Bertz CT molecular complexity index is 148. The molecule has 1 fully saturated rings. The topological polar surface area (TPSA) is 63.3 Å². The molecule has 0 amide bonds. The predicted octanol–water partition coefficient (Wildman–Crippen LogP) is 1.26. The standard InChI is InChI=1S/C8H15NO2.ClH/c9-5-7(4-8(10)11)6-2-1-3-6;/h6-7H,1-5,9H2,(H,10,11);1H. The predicted molar refractivity (Wildman–Crippen MR) is 49.4 cm³/mol. The number of carboxylic acids is 1. The van der Waals surface area contributed by atoms with Gasteiger partial charge in [0.05, 0.1) is 0 Å². The number of halogens is 1. The van der Waals surface area contributed by atoms with E-state index < -0.39 is 5.97 Å². The van der Waals surface area contributed by atoms with Crippen LogP contribution in [0.5, 0.6) is 0 Å². The first-order valence-corrected chi connectivity index (χ1v) is 4.16. The van der Waals surface area contributed by atoms with E-state index in [9.17, 15) is 4.79 Å². The Kier molecular flexibility index (Phi) is 5.25. The van der Waals surface area contributed by atoms with Crippen LogP contribution in [0.3, 0.4) is 0 Å². The van der Waals surface area contributed by atoms with Crippen LogP contribution in [0, 0.1) is 11.8 Å². The fourth-order valence-corrected chi connectivity index (χ4v) is 1.58. The molecule has 3 nitrogen and oxygen atoms in total. The Morgan fingerprint density at radius 2 is 2.17 bits per heavy atom. The van der Waals surface area contributed by atoms with Gasteiger partial charge in [-0.1, -0.05) is 19.3 Å². The second-order valence-corrected chi connectivity index (χ2v) is 3.28. The first-order valence-electron chi connectivity index (χ1n) is 4.16. The molecule has 0 aromatic carbocycles. The molecule has 0 heterocycles. The summed E-state index contributed by atoms with van der Waals surface area (Å²) < 4.78 is 0. The van der Waals surface area contributed by atoms with E-state index in [0.29, 0.717) is 12.5 Å². The number of nitrogens with two attached hydrogens (primary N) is 1. The molecule has 1 rings (SSSR count). The van der Waals surface area contributed by atoms with Crippen molar-refractivity contribution in [2.45, 2.75) is 25.7 Å². The summed E-state index contributed by atoms with van der Waals surface area (Å²) in [6, 6.07) is 0. The molecular weight excluding hydrogens is 178 g/mol. The van der Waals surface area contributed by atoms with E-state index in [1.165, 1.54) is 19.3 Å². The number of hydrogen-bond acceptors (Lipinski definition) is 2. The normalized spacial score (nSPS) is 19.1. The van der Waals surface area contributed by atoms with E-state index in [2.05, 4.69) is 0 Å². The van der Waals surface area contributed by atoms with E-state index >= 15 is 0 Å². The number of aliphatic carboxylic acids is 1. The highest BCUT2D eigenvalue weighted by molar-refractivity contribution is 5.85. The van der Waals surface area contributed by atoms with Crippen molar-refractivity contribution in [3.63, 3.8) is 0 Å². The van der Waals surface area contributed by atoms with Crippen LogP contribution in [-0.2, 0) is 4.79 Å². The second-order valence-electron chi connectivity index (χ2n) is 3.28. The third-order valence-electron chi connectivity index (χ3n) is 2.56. The zero-order valence-corrected chi connectivity index (χ0v) is 7.85. The maximum Gasteiger partial charge on any atom is 0.303 e. The van der Waals surface area contributed by atoms with Crippen molar-refractivity contribution < 1.29 is 9.90 Å². The Hall–Kier alpha value is -0.280. The third kappa shape index (κ3) is 2.99. The third-order valence-corrected chi connectivity index (χ3v) is 2.56.